The van der Waals surface area contributed by atoms with Gasteiger partial charge in [-0.25, -0.2) is 0 Å². The third-order valence-corrected chi connectivity index (χ3v) is 16.6. The molecule has 0 spiro atoms. The summed E-state index contributed by atoms with van der Waals surface area (Å²) in [7, 11) is 11.9. The number of hydrogen-bond donors (Lipinski definition) is 5. The monoisotopic (exact) mass is 1100 g/mol. The third-order valence-electron chi connectivity index (χ3n) is 16.6. The van der Waals surface area contributed by atoms with Gasteiger partial charge >= 0.3 is 0 Å². The van der Waals surface area contributed by atoms with Crippen molar-refractivity contribution in [3.05, 3.63) is 0 Å². The van der Waals surface area contributed by atoms with Crippen molar-refractivity contribution in [2.24, 2.45) is 47.3 Å². The Morgan fingerprint density at radius 2 is 0.769 bits per heavy atom. The van der Waals surface area contributed by atoms with Crippen LogP contribution in [0.2, 0.25) is 0 Å². The van der Waals surface area contributed by atoms with E-state index in [1.807, 2.05) is 56.1 Å². The average molecular weight is 1100 g/mol. The molecule has 5 N–H and O–H groups in total. The van der Waals surface area contributed by atoms with Crippen LogP contribution < -0.4 is 26.6 Å². The molecule has 2 saturated carbocycles. The maximum Gasteiger partial charge on any atom is 0.224 e. The zero-order chi connectivity index (χ0) is 57.8. The van der Waals surface area contributed by atoms with Gasteiger partial charge in [-0.1, -0.05) is 98.3 Å². The van der Waals surface area contributed by atoms with Crippen molar-refractivity contribution in [3.8, 4) is 0 Å². The number of Topliss-reactive ketones (excluding diaryl/α,β-unsaturated/α-hetero) is 3. The Kier molecular flexibility index (Phi) is 37.2. The number of ketones is 3. The molecule has 0 radical (unpaired) electrons. The highest BCUT2D eigenvalue weighted by Crippen LogP contribution is 2.33. The van der Waals surface area contributed by atoms with Gasteiger partial charge in [0, 0.05) is 129 Å². The molecule has 0 aromatic heterocycles. The zero-order valence-electron chi connectivity index (χ0n) is 50.9. The maximum atomic E-state index is 14.7. The van der Waals surface area contributed by atoms with E-state index < -0.39 is 53.5 Å². The van der Waals surface area contributed by atoms with Crippen molar-refractivity contribution in [1.82, 2.24) is 46.2 Å². The average Bonchev–Trinajstić information content (AvgIpc) is 3.41. The van der Waals surface area contributed by atoms with E-state index in [9.17, 15) is 38.4 Å². The number of likely N-dealkylation sites (N-methyl/N-ethyl adjacent to an activating group) is 4. The molecule has 2 aliphatic rings. The van der Waals surface area contributed by atoms with Gasteiger partial charge in [0.15, 0.2) is 0 Å². The van der Waals surface area contributed by atoms with Crippen LogP contribution in [0.15, 0.2) is 0 Å². The van der Waals surface area contributed by atoms with Gasteiger partial charge in [0.2, 0.25) is 29.5 Å². The van der Waals surface area contributed by atoms with Gasteiger partial charge in [0.05, 0.1) is 11.8 Å². The van der Waals surface area contributed by atoms with E-state index in [1.165, 1.54) is 51.4 Å². The maximum absolute atomic E-state index is 14.7. The van der Waals surface area contributed by atoms with Crippen molar-refractivity contribution in [3.63, 3.8) is 0 Å². The van der Waals surface area contributed by atoms with Crippen molar-refractivity contribution in [2.45, 2.75) is 182 Å². The van der Waals surface area contributed by atoms with Crippen LogP contribution in [0.4, 0.5) is 0 Å². The number of rotatable bonds is 44. The first-order chi connectivity index (χ1) is 37.3. The Morgan fingerprint density at radius 1 is 0.385 bits per heavy atom. The quantitative estimate of drug-likeness (QED) is 0.0406. The molecule has 0 aromatic rings. The molecule has 2 aliphatic carbocycles. The lowest BCUT2D eigenvalue weighted by Crippen LogP contribution is -2.41. The molecule has 2 fully saturated rings. The Bertz CT molecular complexity index is 1750. The first-order valence-electron chi connectivity index (χ1n) is 30.9. The summed E-state index contributed by atoms with van der Waals surface area (Å²) in [6, 6.07) is 0. The van der Waals surface area contributed by atoms with Crippen LogP contribution in [0.5, 0.6) is 0 Å². The molecule has 0 aliphatic heterocycles. The summed E-state index contributed by atoms with van der Waals surface area (Å²) in [5.74, 6) is -4.71. The van der Waals surface area contributed by atoms with Gasteiger partial charge in [-0.15, -0.1) is 0 Å². The Hall–Kier alpha value is -3.80. The summed E-state index contributed by atoms with van der Waals surface area (Å²) in [5.41, 5.74) is 0. The number of carbonyl (C=O) groups is 8. The molecule has 0 bridgehead atoms. The molecule has 78 heavy (non-hydrogen) atoms. The van der Waals surface area contributed by atoms with Gasteiger partial charge in [0.1, 0.15) is 17.3 Å². The van der Waals surface area contributed by atoms with Gasteiger partial charge < -0.3 is 46.2 Å². The second kappa shape index (κ2) is 41.2. The molecule has 2 rings (SSSR count). The molecular weight excluding hydrogens is 987 g/mol. The number of amides is 5. The third kappa shape index (κ3) is 31.8. The predicted molar refractivity (Wildman–Crippen MR) is 314 cm³/mol. The molecule has 450 valence electrons. The van der Waals surface area contributed by atoms with Gasteiger partial charge in [-0.3, -0.25) is 38.4 Å². The summed E-state index contributed by atoms with van der Waals surface area (Å²) >= 11 is 0. The molecule has 0 aromatic carbocycles. The van der Waals surface area contributed by atoms with Crippen molar-refractivity contribution < 1.29 is 38.4 Å². The van der Waals surface area contributed by atoms with Crippen molar-refractivity contribution in [2.75, 3.05) is 114 Å². The smallest absolute Gasteiger partial charge is 0.224 e. The summed E-state index contributed by atoms with van der Waals surface area (Å²) in [6.45, 7) is 14.7. The zero-order valence-corrected chi connectivity index (χ0v) is 50.9. The predicted octanol–water partition coefficient (Wildman–Crippen LogP) is 6.66. The molecule has 0 heterocycles. The van der Waals surface area contributed by atoms with E-state index in [-0.39, 0.29) is 68.6 Å². The van der Waals surface area contributed by atoms with Crippen LogP contribution in [0.3, 0.4) is 0 Å². The highest BCUT2D eigenvalue weighted by molar-refractivity contribution is 5.97. The number of hydrogen-bond acceptors (Lipinski definition) is 12. The minimum Gasteiger partial charge on any atom is -0.356 e. The first kappa shape index (κ1) is 70.3. The summed E-state index contributed by atoms with van der Waals surface area (Å²) < 4.78 is 0. The molecule has 17 nitrogen and oxygen atoms in total. The van der Waals surface area contributed by atoms with Gasteiger partial charge in [-0.2, -0.15) is 0 Å². The first-order valence-corrected chi connectivity index (χ1v) is 30.9. The van der Waals surface area contributed by atoms with E-state index in [0.29, 0.717) is 63.4 Å². The van der Waals surface area contributed by atoms with Crippen LogP contribution in [0.25, 0.3) is 0 Å². The van der Waals surface area contributed by atoms with E-state index in [0.717, 1.165) is 83.5 Å². The number of unbranched alkanes of at least 4 members (excludes halogenated alkanes) is 3. The van der Waals surface area contributed by atoms with Crippen LogP contribution >= 0.6 is 0 Å². The Morgan fingerprint density at radius 3 is 1.24 bits per heavy atom. The molecular formula is C61H113N9O8. The minimum absolute atomic E-state index is 0.0784. The van der Waals surface area contributed by atoms with Crippen LogP contribution in [-0.4, -0.2) is 181 Å². The number of carbonyl (C=O) groups excluding carboxylic acids is 8. The fraction of sp³-hybridized carbons (Fsp3) is 0.869. The standard InChI is InChI=1S/C61H113N9O8/c1-11-15-18-46-20-24-48(25-21-46)44-65-58(75)42-51(38-54(71)37-50(14-4)59(76)66-45-49-26-22-47(23-27-49)19-16-12-2)56(73)41-52(60(77)64-30-32-70(10)36-34-68(7)8)39-55(72)40-53(61(78)63-28-17-13-3)43-57(74)62-29-31-69(9)35-33-67(5)6/h46-53H,11-45H2,1-10H3,(H,62,74)(H,63,78)(H,64,77)(H,65,75)(H,66,76). The van der Waals surface area contributed by atoms with E-state index >= 15 is 0 Å². The lowest BCUT2D eigenvalue weighted by atomic mass is 9.79. The molecule has 4 unspecified atom stereocenters. The second-order valence-corrected chi connectivity index (χ2v) is 24.3. The molecule has 5 amide bonds. The Balaban J connectivity index is 2.35. The van der Waals surface area contributed by atoms with Crippen LogP contribution in [-0.2, 0) is 38.4 Å². The van der Waals surface area contributed by atoms with E-state index in [1.54, 1.807) is 0 Å². The number of nitrogens with one attached hydrogen (secondary N) is 5. The minimum atomic E-state index is -1.16. The highest BCUT2D eigenvalue weighted by atomic mass is 16.2. The van der Waals surface area contributed by atoms with Gasteiger partial charge in [-0.05, 0) is 104 Å². The van der Waals surface area contributed by atoms with Crippen molar-refractivity contribution in [1.29, 1.82) is 0 Å². The molecule has 4 atom stereocenters. The van der Waals surface area contributed by atoms with Crippen molar-refractivity contribution >= 4 is 46.9 Å². The van der Waals surface area contributed by atoms with Gasteiger partial charge in [0.25, 0.3) is 0 Å². The summed E-state index contributed by atoms with van der Waals surface area (Å²) in [5, 5.41) is 14.9. The summed E-state index contributed by atoms with van der Waals surface area (Å²) in [6.07, 6.45) is 16.2. The lowest BCUT2D eigenvalue weighted by molar-refractivity contribution is -0.137. The fourth-order valence-corrected chi connectivity index (χ4v) is 11.0. The Labute approximate surface area is 473 Å². The second-order valence-electron chi connectivity index (χ2n) is 24.3. The largest absolute Gasteiger partial charge is 0.356 e. The topological polar surface area (TPSA) is 210 Å². The fourth-order valence-electron chi connectivity index (χ4n) is 11.0. The highest BCUT2D eigenvalue weighted by Gasteiger charge is 2.34. The molecule has 0 saturated heterocycles. The van der Waals surface area contributed by atoms with Crippen LogP contribution in [0.1, 0.15) is 182 Å². The summed E-state index contributed by atoms with van der Waals surface area (Å²) in [4.78, 5) is 120. The van der Waals surface area contributed by atoms with Crippen LogP contribution in [0, 0.1) is 47.3 Å². The SMILES string of the molecule is CCCCNC(=O)C(CC(=O)CC(CC(=O)C(CC(=O)CC(CC)C(=O)NCC1CCC(CCCC)CC1)CC(=O)NCC1CCC(CCCC)CC1)C(=O)NCCN(C)CCN(C)C)CC(=O)NCCN(C)CCN(C)C. The lowest BCUT2D eigenvalue weighted by Gasteiger charge is -2.29. The normalized spacial score (nSPS) is 19.3. The molecule has 17 heteroatoms. The van der Waals surface area contributed by atoms with E-state index in [4.69, 9.17) is 0 Å². The number of nitrogens with zero attached hydrogens (tertiary/aromatic N) is 4. The van der Waals surface area contributed by atoms with E-state index in [2.05, 4.69) is 60.0 Å².